The summed E-state index contributed by atoms with van der Waals surface area (Å²) < 4.78 is 67.0. The molecule has 6 aromatic rings. The molecule has 2 amide bonds. The monoisotopic (exact) mass is 744 g/mol. The van der Waals surface area contributed by atoms with Crippen LogP contribution in [0.2, 0.25) is 0 Å². The van der Waals surface area contributed by atoms with E-state index in [1.54, 1.807) is 39.5 Å². The molecule has 2 aromatic heterocycles. The quantitative estimate of drug-likeness (QED) is 0.122. The Labute approximate surface area is 311 Å². The van der Waals surface area contributed by atoms with Crippen LogP contribution in [0.15, 0.2) is 93.8 Å². The van der Waals surface area contributed by atoms with Crippen molar-refractivity contribution in [2.24, 2.45) is 0 Å². The van der Waals surface area contributed by atoms with E-state index in [0.29, 0.717) is 55.0 Å². The maximum Gasteiger partial charge on any atom is 0.416 e. The van der Waals surface area contributed by atoms with Crippen LogP contribution in [-0.2, 0) is 41.4 Å². The molecule has 2 N–H and O–H groups in total. The highest BCUT2D eigenvalue weighted by molar-refractivity contribution is 5.85. The van der Waals surface area contributed by atoms with Crippen molar-refractivity contribution in [2.75, 3.05) is 34.4 Å². The molecule has 0 fully saturated rings. The van der Waals surface area contributed by atoms with Gasteiger partial charge in [0.2, 0.25) is 11.8 Å². The smallest absolute Gasteiger partial charge is 0.416 e. The van der Waals surface area contributed by atoms with E-state index in [9.17, 15) is 22.8 Å². The third-order valence-electron chi connectivity index (χ3n) is 8.78. The van der Waals surface area contributed by atoms with Gasteiger partial charge in [-0.05, 0) is 78.6 Å². The summed E-state index contributed by atoms with van der Waals surface area (Å²) in [6.45, 7) is 3.91. The lowest BCUT2D eigenvalue weighted by molar-refractivity contribution is -0.137. The molecule has 284 valence electrons. The van der Waals surface area contributed by atoms with Crippen molar-refractivity contribution >= 4 is 33.8 Å². The number of hydrogen-bond donors (Lipinski definition) is 2. The van der Waals surface area contributed by atoms with Crippen molar-refractivity contribution in [3.05, 3.63) is 124 Å². The number of nitrogens with one attached hydrogen (secondary N) is 2. The van der Waals surface area contributed by atoms with Gasteiger partial charge in [-0.1, -0.05) is 30.3 Å². The zero-order valence-electron chi connectivity index (χ0n) is 30.8. The zero-order chi connectivity index (χ0) is 38.8. The summed E-state index contributed by atoms with van der Waals surface area (Å²) in [5, 5.41) is 7.44. The Morgan fingerprint density at radius 1 is 0.611 bits per heavy atom. The molecule has 9 nitrogen and oxygen atoms in total. The SMILES string of the molecule is COc1ccc2oc(Cc3cccc(C(F)(F)F)c3)c(CCNC(C)=O)c2c1.COc1cccc(Cc2oc3ccc(OC)cc3c2CCNC(C)=O)c1. The second kappa shape index (κ2) is 17.7. The third kappa shape index (κ3) is 10.1. The van der Waals surface area contributed by atoms with Gasteiger partial charge in [-0.3, -0.25) is 9.59 Å². The number of alkyl halides is 3. The Bertz CT molecular complexity index is 2220. The van der Waals surface area contributed by atoms with Gasteiger partial charge in [0.15, 0.2) is 0 Å². The number of carbonyl (C=O) groups is 2. The van der Waals surface area contributed by atoms with Crippen molar-refractivity contribution in [1.82, 2.24) is 10.6 Å². The van der Waals surface area contributed by atoms with Crippen LogP contribution in [0, 0.1) is 0 Å². The first-order chi connectivity index (χ1) is 25.9. The van der Waals surface area contributed by atoms with Crippen molar-refractivity contribution in [3.8, 4) is 17.2 Å². The number of furan rings is 2. The second-order valence-electron chi connectivity index (χ2n) is 12.6. The van der Waals surface area contributed by atoms with E-state index >= 15 is 0 Å². The Morgan fingerprint density at radius 3 is 1.50 bits per heavy atom. The zero-order valence-corrected chi connectivity index (χ0v) is 30.8. The molecule has 4 aromatic carbocycles. The molecule has 0 saturated carbocycles. The van der Waals surface area contributed by atoms with Crippen molar-refractivity contribution in [2.45, 2.75) is 45.7 Å². The lowest BCUT2D eigenvalue weighted by Gasteiger charge is -2.09. The van der Waals surface area contributed by atoms with Crippen LogP contribution in [0.3, 0.4) is 0 Å². The summed E-state index contributed by atoms with van der Waals surface area (Å²) in [5.41, 5.74) is 4.30. The number of methoxy groups -OCH3 is 3. The molecule has 0 unspecified atom stereocenters. The first kappa shape index (κ1) is 39.3. The Morgan fingerprint density at radius 2 is 1.06 bits per heavy atom. The molecule has 54 heavy (non-hydrogen) atoms. The molecule has 0 aliphatic carbocycles. The van der Waals surface area contributed by atoms with E-state index in [4.69, 9.17) is 23.0 Å². The first-order valence-electron chi connectivity index (χ1n) is 17.3. The van der Waals surface area contributed by atoms with Gasteiger partial charge >= 0.3 is 6.18 Å². The molecule has 0 radical (unpaired) electrons. The van der Waals surface area contributed by atoms with E-state index in [0.717, 1.165) is 62.4 Å². The number of hydrogen-bond acceptors (Lipinski definition) is 7. The van der Waals surface area contributed by atoms with Crippen LogP contribution >= 0.6 is 0 Å². The van der Waals surface area contributed by atoms with Crippen molar-refractivity contribution in [1.29, 1.82) is 0 Å². The molecule has 0 spiro atoms. The molecule has 0 saturated heterocycles. The predicted molar refractivity (Wildman–Crippen MR) is 200 cm³/mol. The minimum absolute atomic E-state index is 0.0373. The van der Waals surface area contributed by atoms with Crippen LogP contribution in [0.1, 0.15) is 53.2 Å². The minimum atomic E-state index is -4.40. The topological polar surface area (TPSA) is 112 Å². The maximum atomic E-state index is 13.0. The summed E-state index contributed by atoms with van der Waals surface area (Å²) in [5.74, 6) is 3.54. The van der Waals surface area contributed by atoms with E-state index in [-0.39, 0.29) is 18.2 Å². The van der Waals surface area contributed by atoms with E-state index < -0.39 is 11.7 Å². The number of ether oxygens (including phenoxy) is 3. The van der Waals surface area contributed by atoms with Crippen LogP contribution in [-0.4, -0.2) is 46.2 Å². The average molecular weight is 745 g/mol. The van der Waals surface area contributed by atoms with Crippen molar-refractivity contribution in [3.63, 3.8) is 0 Å². The standard InChI is InChI=1S/C21H20F3NO3.C21H23NO4/c1-13(26)25-9-8-17-18-12-16(27-2)6-7-19(18)28-20(17)11-14-4-3-5-15(10-14)21(22,23)24;1-14(23)22-10-9-18-19-13-17(25-3)7-8-20(19)26-21(18)12-15-5-4-6-16(11-15)24-2/h3-7,10,12H,8-9,11H2,1-2H3,(H,25,26);4-8,11,13H,9-10,12H2,1-3H3,(H,22,23). The number of benzene rings is 4. The van der Waals surface area contributed by atoms with Gasteiger partial charge < -0.3 is 33.7 Å². The highest BCUT2D eigenvalue weighted by atomic mass is 19.4. The molecular formula is C42H43F3N2O7. The van der Waals surface area contributed by atoms with Crippen LogP contribution < -0.4 is 24.8 Å². The van der Waals surface area contributed by atoms with E-state index in [2.05, 4.69) is 10.6 Å². The van der Waals surface area contributed by atoms with Gasteiger partial charge in [-0.2, -0.15) is 13.2 Å². The number of amides is 2. The van der Waals surface area contributed by atoms with E-state index in [1.165, 1.54) is 19.9 Å². The fourth-order valence-electron chi connectivity index (χ4n) is 6.18. The molecule has 12 heteroatoms. The highest BCUT2D eigenvalue weighted by Crippen LogP contribution is 2.34. The third-order valence-corrected chi connectivity index (χ3v) is 8.78. The second-order valence-corrected chi connectivity index (χ2v) is 12.6. The molecule has 2 heterocycles. The van der Waals surface area contributed by atoms with Crippen LogP contribution in [0.5, 0.6) is 17.2 Å². The molecule has 6 rings (SSSR count). The normalized spacial score (nSPS) is 11.2. The highest BCUT2D eigenvalue weighted by Gasteiger charge is 2.30. The molecule has 0 aliphatic rings. The number of fused-ring (bicyclic) bond motifs is 2. The Kier molecular flexibility index (Phi) is 12.9. The van der Waals surface area contributed by atoms with E-state index in [1.807, 2.05) is 48.5 Å². The van der Waals surface area contributed by atoms with Crippen LogP contribution in [0.25, 0.3) is 21.9 Å². The summed E-state index contributed by atoms with van der Waals surface area (Å²) >= 11 is 0. The molecule has 0 aliphatic heterocycles. The fraction of sp³-hybridized carbons (Fsp3) is 0.286. The maximum absolute atomic E-state index is 13.0. The van der Waals surface area contributed by atoms with Crippen LogP contribution in [0.4, 0.5) is 13.2 Å². The van der Waals surface area contributed by atoms with Gasteiger partial charge in [-0.15, -0.1) is 0 Å². The molecule has 0 atom stereocenters. The Hall–Kier alpha value is -5.91. The molecule has 0 bridgehead atoms. The minimum Gasteiger partial charge on any atom is -0.497 e. The fourth-order valence-corrected chi connectivity index (χ4v) is 6.18. The summed E-state index contributed by atoms with van der Waals surface area (Å²) in [6.07, 6.45) is -2.33. The largest absolute Gasteiger partial charge is 0.497 e. The van der Waals surface area contributed by atoms with Gasteiger partial charge in [0.25, 0.3) is 0 Å². The number of carbonyl (C=O) groups excluding carboxylic acids is 2. The van der Waals surface area contributed by atoms with Gasteiger partial charge in [0.1, 0.15) is 39.9 Å². The summed E-state index contributed by atoms with van der Waals surface area (Å²) in [4.78, 5) is 22.4. The number of halogens is 3. The average Bonchev–Trinajstić information content (AvgIpc) is 3.66. The van der Waals surface area contributed by atoms with Crippen molar-refractivity contribution < 1.29 is 45.8 Å². The molecular weight excluding hydrogens is 701 g/mol. The predicted octanol–water partition coefficient (Wildman–Crippen LogP) is 8.45. The number of rotatable bonds is 13. The Balaban J connectivity index is 0.000000208. The first-order valence-corrected chi connectivity index (χ1v) is 17.3. The van der Waals surface area contributed by atoms with Gasteiger partial charge in [0.05, 0.1) is 26.9 Å². The van der Waals surface area contributed by atoms with Gasteiger partial charge in [-0.25, -0.2) is 0 Å². The lowest BCUT2D eigenvalue weighted by Crippen LogP contribution is -2.22. The summed E-state index contributed by atoms with van der Waals surface area (Å²) in [6, 6.07) is 24.3. The van der Waals surface area contributed by atoms with Gasteiger partial charge in [0, 0.05) is 61.7 Å². The lowest BCUT2D eigenvalue weighted by atomic mass is 10.0. The summed E-state index contributed by atoms with van der Waals surface area (Å²) in [7, 11) is 4.86.